The molecule has 0 spiro atoms. The fraction of sp³-hybridized carbons (Fsp3) is 0.341. The van der Waals surface area contributed by atoms with E-state index in [9.17, 15) is 14.4 Å². The Bertz CT molecular complexity index is 2350. The van der Waals surface area contributed by atoms with Gasteiger partial charge in [-0.3, -0.25) is 19.4 Å². The van der Waals surface area contributed by atoms with Gasteiger partial charge in [-0.05, 0) is 91.1 Å². The number of nitrogens with one attached hydrogen (secondary N) is 1. The van der Waals surface area contributed by atoms with E-state index in [1.54, 1.807) is 42.9 Å². The standard InChI is InChI=1S/C44H43FN6O5/c45-38-17-32(49-43(53)37-23-50(20-26-2-1-3-26)22-36(41(37)52)39-13-8-30(18-47-39)28-4-5-28)9-12-34(38)35-16-31(19-48-42(35)46)29-6-10-33(11-7-29)56-40-14-15-51(44(40)54)21-27-24-55-25-27/h6-13,16-19,22-23,26-28,40H,1-5,14-15,20-21,24-25H2,(H2,46,48)(H,49,53)/t40-/m1/s1. The Morgan fingerprint density at radius 3 is 2.36 bits per heavy atom. The van der Waals surface area contributed by atoms with E-state index in [1.165, 1.54) is 18.6 Å². The minimum absolute atomic E-state index is 0.000153. The van der Waals surface area contributed by atoms with Gasteiger partial charge in [0.2, 0.25) is 5.43 Å². The molecule has 11 nitrogen and oxygen atoms in total. The number of nitrogen functional groups attached to an aromatic ring is 1. The van der Waals surface area contributed by atoms with Gasteiger partial charge in [-0.1, -0.05) is 24.6 Å². The van der Waals surface area contributed by atoms with Crippen LogP contribution in [0.2, 0.25) is 0 Å². The van der Waals surface area contributed by atoms with E-state index in [2.05, 4.69) is 15.3 Å². The highest BCUT2D eigenvalue weighted by Gasteiger charge is 2.36. The quantitative estimate of drug-likeness (QED) is 0.140. The van der Waals surface area contributed by atoms with Crippen molar-refractivity contribution >= 4 is 23.3 Å². The Morgan fingerprint density at radius 1 is 0.857 bits per heavy atom. The number of likely N-dealkylation sites (tertiary alicyclic amines) is 1. The molecular formula is C44H43FN6O5. The van der Waals surface area contributed by atoms with Crippen LogP contribution in [0.4, 0.5) is 15.9 Å². The van der Waals surface area contributed by atoms with Crippen molar-refractivity contribution in [3.63, 3.8) is 0 Å². The molecule has 2 saturated carbocycles. The lowest BCUT2D eigenvalue weighted by Gasteiger charge is -2.30. The monoisotopic (exact) mass is 754 g/mol. The van der Waals surface area contributed by atoms with Crippen LogP contribution in [0.5, 0.6) is 5.75 Å². The molecule has 2 saturated heterocycles. The molecule has 0 unspecified atom stereocenters. The largest absolute Gasteiger partial charge is 0.481 e. The highest BCUT2D eigenvalue weighted by atomic mass is 19.1. The molecule has 2 amide bonds. The van der Waals surface area contributed by atoms with Gasteiger partial charge in [0.1, 0.15) is 22.9 Å². The zero-order chi connectivity index (χ0) is 38.3. The molecule has 2 aliphatic carbocycles. The van der Waals surface area contributed by atoms with Crippen LogP contribution in [0, 0.1) is 17.7 Å². The van der Waals surface area contributed by atoms with Crippen LogP contribution in [0.25, 0.3) is 33.5 Å². The van der Waals surface area contributed by atoms with Crippen molar-refractivity contribution in [3.8, 4) is 39.3 Å². The number of benzene rings is 2. The van der Waals surface area contributed by atoms with Crippen LogP contribution in [0.3, 0.4) is 0 Å². The van der Waals surface area contributed by atoms with E-state index >= 15 is 4.39 Å². The van der Waals surface area contributed by atoms with Gasteiger partial charge in [0.05, 0.1) is 24.5 Å². The van der Waals surface area contributed by atoms with Gasteiger partial charge < -0.3 is 30.0 Å². The number of nitrogens with zero attached hydrogens (tertiary/aromatic N) is 4. The van der Waals surface area contributed by atoms with Crippen molar-refractivity contribution in [1.29, 1.82) is 0 Å². The Hall–Kier alpha value is -5.88. The first-order chi connectivity index (χ1) is 27.3. The summed E-state index contributed by atoms with van der Waals surface area (Å²) in [6.07, 6.45) is 12.6. The first-order valence-corrected chi connectivity index (χ1v) is 19.5. The van der Waals surface area contributed by atoms with Crippen molar-refractivity contribution in [2.45, 2.75) is 57.1 Å². The molecule has 2 aromatic carbocycles. The second kappa shape index (κ2) is 15.0. The second-order valence-electron chi connectivity index (χ2n) is 15.6. The maximum atomic E-state index is 15.9. The van der Waals surface area contributed by atoms with E-state index in [4.69, 9.17) is 15.2 Å². The molecule has 1 atom stereocenters. The minimum Gasteiger partial charge on any atom is -0.481 e. The number of rotatable bonds is 12. The fourth-order valence-electron chi connectivity index (χ4n) is 7.73. The van der Waals surface area contributed by atoms with Crippen LogP contribution in [0.15, 0.2) is 90.2 Å². The van der Waals surface area contributed by atoms with Crippen LogP contribution in [0.1, 0.15) is 60.4 Å². The third kappa shape index (κ3) is 7.40. The number of aromatic nitrogens is 3. The number of amides is 2. The Kier molecular flexibility index (Phi) is 9.58. The molecule has 5 aromatic rings. The number of ether oxygens (including phenoxy) is 2. The number of nitrogens with two attached hydrogens (primary N) is 1. The van der Waals surface area contributed by atoms with E-state index in [0.717, 1.165) is 36.8 Å². The van der Waals surface area contributed by atoms with E-state index in [1.807, 2.05) is 39.9 Å². The molecule has 56 heavy (non-hydrogen) atoms. The number of carbonyl (C=O) groups is 2. The summed E-state index contributed by atoms with van der Waals surface area (Å²) in [5, 5.41) is 2.74. The SMILES string of the molecule is Nc1ncc(-c2ccc(O[C@@H]3CCN(CC4COC4)C3=O)cc2)cc1-c1ccc(NC(=O)c2cn(CC3CCC3)cc(-c3ccc(C4CC4)cn3)c2=O)cc1F. The third-order valence-electron chi connectivity index (χ3n) is 11.5. The second-order valence-corrected chi connectivity index (χ2v) is 15.6. The summed E-state index contributed by atoms with van der Waals surface area (Å²) in [4.78, 5) is 51.1. The molecule has 12 heteroatoms. The normalized spacial score (nSPS) is 18.4. The number of pyridine rings is 3. The highest BCUT2D eigenvalue weighted by molar-refractivity contribution is 6.04. The molecule has 4 fully saturated rings. The summed E-state index contributed by atoms with van der Waals surface area (Å²) in [6.45, 7) is 3.46. The molecule has 286 valence electrons. The topological polar surface area (TPSA) is 142 Å². The van der Waals surface area contributed by atoms with Crippen molar-refractivity contribution in [2.75, 3.05) is 37.4 Å². The third-order valence-corrected chi connectivity index (χ3v) is 11.5. The number of carbonyl (C=O) groups excluding carboxylic acids is 2. The summed E-state index contributed by atoms with van der Waals surface area (Å²) in [5.41, 5.74) is 10.1. The molecular weight excluding hydrogens is 712 g/mol. The van der Waals surface area contributed by atoms with Gasteiger partial charge in [-0.2, -0.15) is 0 Å². The van der Waals surface area contributed by atoms with E-state index in [0.29, 0.717) is 85.2 Å². The lowest BCUT2D eigenvalue weighted by Crippen LogP contribution is -2.42. The number of halogens is 1. The van der Waals surface area contributed by atoms with Crippen LogP contribution in [-0.2, 0) is 16.1 Å². The predicted octanol–water partition coefficient (Wildman–Crippen LogP) is 6.92. The average molecular weight is 755 g/mol. The Balaban J connectivity index is 0.907. The lowest BCUT2D eigenvalue weighted by molar-refractivity contribution is -0.136. The van der Waals surface area contributed by atoms with Crippen molar-refractivity contribution in [1.82, 2.24) is 19.4 Å². The Morgan fingerprint density at radius 2 is 1.68 bits per heavy atom. The summed E-state index contributed by atoms with van der Waals surface area (Å²) in [7, 11) is 0. The van der Waals surface area contributed by atoms with E-state index < -0.39 is 23.3 Å². The van der Waals surface area contributed by atoms with Crippen LogP contribution >= 0.6 is 0 Å². The van der Waals surface area contributed by atoms with Gasteiger partial charge in [0, 0.05) is 79.1 Å². The lowest BCUT2D eigenvalue weighted by atomic mass is 9.85. The molecule has 2 aliphatic heterocycles. The molecule has 0 bridgehead atoms. The molecule has 3 aromatic heterocycles. The summed E-state index contributed by atoms with van der Waals surface area (Å²) < 4.78 is 29.1. The average Bonchev–Trinajstić information content (AvgIpc) is 3.97. The number of anilines is 2. The molecule has 3 N–H and O–H groups in total. The zero-order valence-corrected chi connectivity index (χ0v) is 31.0. The maximum absolute atomic E-state index is 15.9. The maximum Gasteiger partial charge on any atom is 0.263 e. The Labute approximate surface area is 323 Å². The van der Waals surface area contributed by atoms with Crippen molar-refractivity contribution < 1.29 is 23.5 Å². The highest BCUT2D eigenvalue weighted by Crippen LogP contribution is 2.40. The minimum atomic E-state index is -0.630. The fourth-order valence-corrected chi connectivity index (χ4v) is 7.73. The molecule has 5 heterocycles. The summed E-state index contributed by atoms with van der Waals surface area (Å²) in [5.74, 6) is 0.896. The first kappa shape index (κ1) is 35.8. The van der Waals surface area contributed by atoms with Gasteiger partial charge >= 0.3 is 0 Å². The van der Waals surface area contributed by atoms with Gasteiger partial charge in [-0.25, -0.2) is 9.37 Å². The summed E-state index contributed by atoms with van der Waals surface area (Å²) in [6, 6.07) is 17.3. The summed E-state index contributed by atoms with van der Waals surface area (Å²) >= 11 is 0. The number of hydrogen-bond donors (Lipinski definition) is 2. The zero-order valence-electron chi connectivity index (χ0n) is 31.0. The molecule has 4 aliphatic rings. The number of hydrogen-bond acceptors (Lipinski definition) is 8. The molecule has 0 radical (unpaired) electrons. The van der Waals surface area contributed by atoms with Gasteiger partial charge in [-0.15, -0.1) is 0 Å². The predicted molar refractivity (Wildman–Crippen MR) is 211 cm³/mol. The van der Waals surface area contributed by atoms with Gasteiger partial charge in [0.25, 0.3) is 11.8 Å². The van der Waals surface area contributed by atoms with Crippen molar-refractivity contribution in [2.24, 2.45) is 11.8 Å². The molecule has 9 rings (SSSR count). The van der Waals surface area contributed by atoms with Gasteiger partial charge in [0.15, 0.2) is 6.10 Å². The first-order valence-electron chi connectivity index (χ1n) is 19.5. The van der Waals surface area contributed by atoms with E-state index in [-0.39, 0.29) is 28.5 Å². The van der Waals surface area contributed by atoms with Crippen LogP contribution in [-0.4, -0.2) is 63.7 Å². The smallest absolute Gasteiger partial charge is 0.263 e. The van der Waals surface area contributed by atoms with Crippen LogP contribution < -0.4 is 21.2 Å². The van der Waals surface area contributed by atoms with Crippen molar-refractivity contribution in [3.05, 3.63) is 113 Å².